The minimum Gasteiger partial charge on any atom is -0.450 e. The van der Waals surface area contributed by atoms with Crippen molar-refractivity contribution in [3.05, 3.63) is 0 Å². The number of nitrogens with one attached hydrogen (secondary N) is 1. The third-order valence-electron chi connectivity index (χ3n) is 4.69. The summed E-state index contributed by atoms with van der Waals surface area (Å²) in [5.74, 6) is 0. The lowest BCUT2D eigenvalue weighted by Crippen LogP contribution is -2.56. The van der Waals surface area contributed by atoms with Crippen LogP contribution in [0.2, 0.25) is 0 Å². The van der Waals surface area contributed by atoms with Gasteiger partial charge in [-0.2, -0.15) is 0 Å². The average Bonchev–Trinajstić information content (AvgIpc) is 2.62. The Kier molecular flexibility index (Phi) is 7.58. The van der Waals surface area contributed by atoms with E-state index >= 15 is 0 Å². The topological polar surface area (TPSA) is 74.4 Å². The summed E-state index contributed by atoms with van der Waals surface area (Å²) in [6.45, 7) is 8.11. The van der Waals surface area contributed by atoms with Gasteiger partial charge in [0.25, 0.3) is 0 Å². The van der Waals surface area contributed by atoms with Gasteiger partial charge in [-0.15, -0.1) is 0 Å². The van der Waals surface area contributed by atoms with Gasteiger partial charge >= 0.3 is 12.1 Å². The number of piperidine rings is 1. The molecule has 0 atom stereocenters. The van der Waals surface area contributed by atoms with E-state index in [4.69, 9.17) is 9.47 Å². The maximum Gasteiger partial charge on any atom is 0.409 e. The first-order valence-corrected chi connectivity index (χ1v) is 8.83. The Balaban J connectivity index is 1.68. The summed E-state index contributed by atoms with van der Waals surface area (Å²) >= 11 is 0. The van der Waals surface area contributed by atoms with Crippen LogP contribution < -0.4 is 5.32 Å². The predicted molar refractivity (Wildman–Crippen MR) is 90.0 cm³/mol. The molecule has 1 N–H and O–H groups in total. The van der Waals surface area contributed by atoms with Gasteiger partial charge in [0.1, 0.15) is 0 Å². The Bertz CT molecular complexity index is 405. The molecule has 0 bridgehead atoms. The molecule has 138 valence electrons. The molecule has 0 aromatic carbocycles. The second-order valence-electron chi connectivity index (χ2n) is 6.16. The molecule has 2 heterocycles. The van der Waals surface area contributed by atoms with Crippen LogP contribution in [0.1, 0.15) is 19.8 Å². The van der Waals surface area contributed by atoms with Gasteiger partial charge in [0.15, 0.2) is 0 Å². The maximum absolute atomic E-state index is 12.0. The molecule has 24 heavy (non-hydrogen) atoms. The van der Waals surface area contributed by atoms with Gasteiger partial charge in [-0.1, -0.05) is 0 Å². The van der Waals surface area contributed by atoms with Crippen molar-refractivity contribution in [2.24, 2.45) is 0 Å². The van der Waals surface area contributed by atoms with Gasteiger partial charge in [-0.3, -0.25) is 4.90 Å². The van der Waals surface area contributed by atoms with Crippen molar-refractivity contribution in [3.63, 3.8) is 0 Å². The quantitative estimate of drug-likeness (QED) is 0.740. The van der Waals surface area contributed by atoms with Gasteiger partial charge in [-0.05, 0) is 19.8 Å². The van der Waals surface area contributed by atoms with Gasteiger partial charge in [-0.25, -0.2) is 9.59 Å². The molecular formula is C16H30N4O4. The second-order valence-corrected chi connectivity index (χ2v) is 6.16. The second kappa shape index (κ2) is 9.68. The summed E-state index contributed by atoms with van der Waals surface area (Å²) in [6.07, 6.45) is 1.74. The maximum atomic E-state index is 12.0. The predicted octanol–water partition coefficient (Wildman–Crippen LogP) is 0.581. The molecule has 0 radical (unpaired) electrons. The summed E-state index contributed by atoms with van der Waals surface area (Å²) in [5, 5.41) is 2.86. The number of urea groups is 1. The van der Waals surface area contributed by atoms with E-state index in [2.05, 4.69) is 10.2 Å². The Morgan fingerprint density at radius 2 is 1.71 bits per heavy atom. The number of piperazine rings is 1. The van der Waals surface area contributed by atoms with E-state index in [9.17, 15) is 9.59 Å². The van der Waals surface area contributed by atoms with Crippen molar-refractivity contribution < 1.29 is 19.1 Å². The van der Waals surface area contributed by atoms with Crippen molar-refractivity contribution in [3.8, 4) is 0 Å². The number of hydrogen-bond acceptors (Lipinski definition) is 5. The number of ether oxygens (including phenoxy) is 2. The van der Waals surface area contributed by atoms with E-state index in [0.717, 1.165) is 52.1 Å². The first-order valence-electron chi connectivity index (χ1n) is 8.83. The third-order valence-corrected chi connectivity index (χ3v) is 4.69. The number of methoxy groups -OCH3 is 1. The molecule has 0 spiro atoms. The highest BCUT2D eigenvalue weighted by Crippen LogP contribution is 2.19. The zero-order valence-electron chi connectivity index (χ0n) is 14.8. The van der Waals surface area contributed by atoms with Crippen LogP contribution in [0.3, 0.4) is 0 Å². The number of hydrogen-bond donors (Lipinski definition) is 1. The van der Waals surface area contributed by atoms with Crippen LogP contribution in [0.4, 0.5) is 9.59 Å². The van der Waals surface area contributed by atoms with E-state index in [1.807, 2.05) is 11.8 Å². The number of carbonyl (C=O) groups is 2. The Hall–Kier alpha value is -1.54. The normalized spacial score (nSPS) is 20.1. The fourth-order valence-corrected chi connectivity index (χ4v) is 3.29. The lowest BCUT2D eigenvalue weighted by molar-refractivity contribution is 0.0566. The number of nitrogens with zero attached hydrogens (tertiary/aromatic N) is 3. The Labute approximate surface area is 144 Å². The number of amides is 3. The molecule has 8 nitrogen and oxygen atoms in total. The molecule has 2 fully saturated rings. The van der Waals surface area contributed by atoms with Crippen LogP contribution in [0, 0.1) is 0 Å². The minimum atomic E-state index is -0.200. The zero-order chi connectivity index (χ0) is 17.4. The zero-order valence-corrected chi connectivity index (χ0v) is 14.8. The van der Waals surface area contributed by atoms with Crippen LogP contribution in [-0.2, 0) is 9.47 Å². The number of likely N-dealkylation sites (tertiary alicyclic amines) is 1. The Morgan fingerprint density at radius 3 is 2.29 bits per heavy atom. The number of carbonyl (C=O) groups excluding carboxylic acids is 2. The molecule has 2 aliphatic heterocycles. The van der Waals surface area contributed by atoms with Crippen LogP contribution in [0.5, 0.6) is 0 Å². The Morgan fingerprint density at radius 1 is 1.04 bits per heavy atom. The molecule has 2 aliphatic rings. The number of rotatable bonds is 5. The van der Waals surface area contributed by atoms with E-state index < -0.39 is 0 Å². The first-order chi connectivity index (χ1) is 11.7. The van der Waals surface area contributed by atoms with Crippen molar-refractivity contribution in [2.75, 3.05) is 66.1 Å². The smallest absolute Gasteiger partial charge is 0.409 e. The van der Waals surface area contributed by atoms with Crippen LogP contribution >= 0.6 is 0 Å². The van der Waals surface area contributed by atoms with E-state index in [1.54, 1.807) is 12.0 Å². The highest BCUT2D eigenvalue weighted by Gasteiger charge is 2.30. The van der Waals surface area contributed by atoms with Gasteiger partial charge in [0.2, 0.25) is 0 Å². The molecule has 0 aromatic heterocycles. The van der Waals surface area contributed by atoms with Crippen molar-refractivity contribution in [2.45, 2.75) is 25.8 Å². The van der Waals surface area contributed by atoms with Crippen LogP contribution in [-0.4, -0.2) is 99.0 Å². The molecule has 3 amide bonds. The van der Waals surface area contributed by atoms with E-state index in [0.29, 0.717) is 25.8 Å². The fourth-order valence-electron chi connectivity index (χ4n) is 3.29. The molecule has 0 aliphatic carbocycles. The fraction of sp³-hybridized carbons (Fsp3) is 0.875. The summed E-state index contributed by atoms with van der Waals surface area (Å²) in [6, 6.07) is 0.484. The molecular weight excluding hydrogens is 312 g/mol. The molecule has 8 heteroatoms. The monoisotopic (exact) mass is 342 g/mol. The van der Waals surface area contributed by atoms with E-state index in [1.165, 1.54) is 0 Å². The van der Waals surface area contributed by atoms with Gasteiger partial charge < -0.3 is 24.6 Å². The standard InChI is InChI=1S/C16H30N4O4/c1-3-24-16(22)20-7-4-14(5-8-20)18-9-11-19(12-10-18)15(21)17-6-13-23-2/h14H,3-13H2,1-2H3,(H,17,21). The summed E-state index contributed by atoms with van der Waals surface area (Å²) in [4.78, 5) is 29.9. The summed E-state index contributed by atoms with van der Waals surface area (Å²) in [7, 11) is 1.62. The molecule has 0 aromatic rings. The lowest BCUT2D eigenvalue weighted by Gasteiger charge is -2.42. The average molecular weight is 342 g/mol. The minimum absolute atomic E-state index is 0.0103. The third kappa shape index (κ3) is 5.24. The summed E-state index contributed by atoms with van der Waals surface area (Å²) in [5.41, 5.74) is 0. The van der Waals surface area contributed by atoms with Gasteiger partial charge in [0, 0.05) is 59.0 Å². The highest BCUT2D eigenvalue weighted by molar-refractivity contribution is 5.74. The largest absolute Gasteiger partial charge is 0.450 e. The first kappa shape index (κ1) is 18.8. The molecule has 0 unspecified atom stereocenters. The van der Waals surface area contributed by atoms with Crippen molar-refractivity contribution >= 4 is 12.1 Å². The molecule has 2 saturated heterocycles. The van der Waals surface area contributed by atoms with Crippen LogP contribution in [0.25, 0.3) is 0 Å². The SMILES string of the molecule is CCOC(=O)N1CCC(N2CCN(C(=O)NCCOC)CC2)CC1. The van der Waals surface area contributed by atoms with Crippen molar-refractivity contribution in [1.29, 1.82) is 0 Å². The lowest BCUT2D eigenvalue weighted by atomic mass is 10.0. The summed E-state index contributed by atoms with van der Waals surface area (Å²) < 4.78 is 9.99. The highest BCUT2D eigenvalue weighted by atomic mass is 16.6. The van der Waals surface area contributed by atoms with Crippen molar-refractivity contribution in [1.82, 2.24) is 20.0 Å². The molecule has 2 rings (SSSR count). The van der Waals surface area contributed by atoms with E-state index in [-0.39, 0.29) is 12.1 Å². The van der Waals surface area contributed by atoms with Gasteiger partial charge in [0.05, 0.1) is 13.2 Å². The van der Waals surface area contributed by atoms with Crippen LogP contribution in [0.15, 0.2) is 0 Å². The molecule has 0 saturated carbocycles.